The molecule has 0 unspecified atom stereocenters. The van der Waals surface area contributed by atoms with E-state index in [4.69, 9.17) is 0 Å². The minimum absolute atomic E-state index is 0.949. The van der Waals surface area contributed by atoms with Crippen LogP contribution in [0.2, 0.25) is 0 Å². The van der Waals surface area contributed by atoms with Crippen molar-refractivity contribution in [1.29, 1.82) is 0 Å². The molecule has 7 heavy (non-hydrogen) atoms. The van der Waals surface area contributed by atoms with Crippen LogP contribution in [0.5, 0.6) is 0 Å². The van der Waals surface area contributed by atoms with Crippen LogP contribution in [0.15, 0.2) is 0 Å². The first-order valence-corrected chi connectivity index (χ1v) is 3.31. The zero-order valence-electron chi connectivity index (χ0n) is 4.46. The summed E-state index contributed by atoms with van der Waals surface area (Å²) in [7, 11) is 1.94. The summed E-state index contributed by atoms with van der Waals surface area (Å²) < 4.78 is 1.86. The molecule has 0 atom stereocenters. The van der Waals surface area contributed by atoms with Gasteiger partial charge in [0.2, 0.25) is 0 Å². The number of hydrogen-bond acceptors (Lipinski definition) is 3. The average molecular weight is 137 g/mol. The van der Waals surface area contributed by atoms with Gasteiger partial charge in [0.1, 0.15) is 0 Å². The zero-order valence-corrected chi connectivity index (χ0v) is 6.25. The van der Waals surface area contributed by atoms with Gasteiger partial charge in [0.25, 0.3) is 0 Å². The van der Waals surface area contributed by atoms with E-state index in [0.29, 0.717) is 0 Å². The van der Waals surface area contributed by atoms with Crippen LogP contribution >= 0.6 is 25.4 Å². The molecular weight excluding hydrogens is 126 g/mol. The largest absolute Gasteiger partial charge is 0.256 e. The molecule has 0 saturated carbocycles. The number of nitrogens with zero attached hydrogens (tertiary/aromatic N) is 1. The van der Waals surface area contributed by atoms with Crippen molar-refractivity contribution in [3.8, 4) is 0 Å². The van der Waals surface area contributed by atoms with Gasteiger partial charge in [0, 0.05) is 6.54 Å². The maximum atomic E-state index is 4.03. The topological polar surface area (TPSA) is 3.24 Å². The summed E-state index contributed by atoms with van der Waals surface area (Å²) >= 11 is 8.07. The fourth-order valence-electron chi connectivity index (χ4n) is 0.300. The van der Waals surface area contributed by atoms with Crippen LogP contribution in [0, 0.1) is 0 Å². The molecule has 0 aliphatic heterocycles. The zero-order chi connectivity index (χ0) is 5.70. The lowest BCUT2D eigenvalue weighted by Crippen LogP contribution is -2.06. The van der Waals surface area contributed by atoms with E-state index in [-0.39, 0.29) is 0 Å². The third-order valence-corrected chi connectivity index (χ3v) is 1.16. The number of rotatable bonds is 3. The Morgan fingerprint density at radius 3 is 2.29 bits per heavy atom. The molecule has 0 aliphatic carbocycles. The molecule has 0 N–H and O–H groups in total. The minimum Gasteiger partial charge on any atom is -0.256 e. The minimum atomic E-state index is 0.949. The number of thiol groups is 2. The fraction of sp³-hybridized carbons (Fsp3) is 1.00. The highest BCUT2D eigenvalue weighted by atomic mass is 32.1. The highest BCUT2D eigenvalue weighted by Crippen LogP contribution is 1.90. The number of hydrogen-bond donors (Lipinski definition) is 2. The van der Waals surface area contributed by atoms with Crippen LogP contribution < -0.4 is 0 Å². The lowest BCUT2D eigenvalue weighted by atomic mass is 10.5. The standard InChI is InChI=1S/C4H11NS2/c1-5(7)3-2-4-6/h6-7H,2-4H2,1H3. The van der Waals surface area contributed by atoms with E-state index in [1.807, 2.05) is 11.4 Å². The first kappa shape index (κ1) is 7.66. The van der Waals surface area contributed by atoms with E-state index in [1.165, 1.54) is 0 Å². The third-order valence-electron chi connectivity index (χ3n) is 0.640. The second-order valence-electron chi connectivity index (χ2n) is 1.46. The van der Waals surface area contributed by atoms with E-state index in [1.54, 1.807) is 0 Å². The molecule has 0 fully saturated rings. The van der Waals surface area contributed by atoms with Gasteiger partial charge >= 0.3 is 0 Å². The molecule has 3 heteroatoms. The van der Waals surface area contributed by atoms with Gasteiger partial charge < -0.3 is 0 Å². The second-order valence-corrected chi connectivity index (χ2v) is 2.59. The Labute approximate surface area is 56.0 Å². The first-order chi connectivity index (χ1) is 3.27. The monoisotopic (exact) mass is 137 g/mol. The molecule has 0 amide bonds. The van der Waals surface area contributed by atoms with E-state index >= 15 is 0 Å². The van der Waals surface area contributed by atoms with Crippen molar-refractivity contribution in [2.24, 2.45) is 0 Å². The smallest absolute Gasteiger partial charge is 0.00916 e. The highest BCUT2D eigenvalue weighted by molar-refractivity contribution is 7.80. The Morgan fingerprint density at radius 1 is 1.57 bits per heavy atom. The lowest BCUT2D eigenvalue weighted by molar-refractivity contribution is 0.569. The normalized spacial score (nSPS) is 10.3. The van der Waals surface area contributed by atoms with Crippen molar-refractivity contribution in [2.45, 2.75) is 6.42 Å². The molecule has 0 saturated heterocycles. The third kappa shape index (κ3) is 6.66. The van der Waals surface area contributed by atoms with Crippen molar-refractivity contribution in [3.63, 3.8) is 0 Å². The lowest BCUT2D eigenvalue weighted by Gasteiger charge is -2.03. The predicted molar refractivity (Wildman–Crippen MR) is 40.1 cm³/mol. The van der Waals surface area contributed by atoms with Crippen LogP contribution in [-0.2, 0) is 0 Å². The quantitative estimate of drug-likeness (QED) is 0.551. The Balaban J connectivity index is 2.68. The van der Waals surface area contributed by atoms with Crippen LogP contribution in [0.4, 0.5) is 0 Å². The molecule has 0 aromatic rings. The van der Waals surface area contributed by atoms with Gasteiger partial charge in [-0.1, -0.05) is 12.8 Å². The van der Waals surface area contributed by atoms with Crippen LogP contribution in [-0.4, -0.2) is 23.7 Å². The fourth-order valence-corrected chi connectivity index (χ4v) is 0.582. The molecule has 0 aromatic carbocycles. The van der Waals surface area contributed by atoms with Crippen LogP contribution in [0.25, 0.3) is 0 Å². The second kappa shape index (κ2) is 4.81. The Hall–Kier alpha value is 0.660. The molecule has 0 aliphatic rings. The van der Waals surface area contributed by atoms with Crippen LogP contribution in [0.1, 0.15) is 6.42 Å². The Bertz CT molecular complexity index is 38.7. The van der Waals surface area contributed by atoms with Crippen LogP contribution in [0.3, 0.4) is 0 Å². The maximum absolute atomic E-state index is 4.03. The maximum Gasteiger partial charge on any atom is 0.00916 e. The molecule has 0 rings (SSSR count). The van der Waals surface area contributed by atoms with E-state index < -0.39 is 0 Å². The molecule has 0 heterocycles. The van der Waals surface area contributed by atoms with Crippen molar-refractivity contribution in [2.75, 3.05) is 19.3 Å². The summed E-state index contributed by atoms with van der Waals surface area (Å²) in [6, 6.07) is 0. The van der Waals surface area contributed by atoms with E-state index in [0.717, 1.165) is 18.7 Å². The summed E-state index contributed by atoms with van der Waals surface area (Å²) in [5.41, 5.74) is 0. The summed E-state index contributed by atoms with van der Waals surface area (Å²) in [6.45, 7) is 1.02. The highest BCUT2D eigenvalue weighted by Gasteiger charge is 1.85. The van der Waals surface area contributed by atoms with Crippen molar-refractivity contribution >= 4 is 25.4 Å². The van der Waals surface area contributed by atoms with Gasteiger partial charge in [-0.05, 0) is 19.2 Å². The molecule has 44 valence electrons. The molecule has 0 radical (unpaired) electrons. The average Bonchev–Trinajstić information content (AvgIpc) is 1.61. The van der Waals surface area contributed by atoms with Crippen molar-refractivity contribution in [3.05, 3.63) is 0 Å². The molecular formula is C4H11NS2. The molecule has 0 aromatic heterocycles. The Morgan fingerprint density at radius 2 is 2.14 bits per heavy atom. The molecule has 1 nitrogen and oxygen atoms in total. The SMILES string of the molecule is CN(S)CCCS. The van der Waals surface area contributed by atoms with Gasteiger partial charge in [-0.15, -0.1) is 0 Å². The predicted octanol–water partition coefficient (Wildman–Crippen LogP) is 1.08. The molecule has 0 bridgehead atoms. The van der Waals surface area contributed by atoms with Gasteiger partial charge in [-0.3, -0.25) is 4.31 Å². The summed E-state index contributed by atoms with van der Waals surface area (Å²) in [5, 5.41) is 0. The van der Waals surface area contributed by atoms with E-state index in [2.05, 4.69) is 25.4 Å². The van der Waals surface area contributed by atoms with Gasteiger partial charge in [-0.2, -0.15) is 12.6 Å². The summed E-state index contributed by atoms with van der Waals surface area (Å²) in [5.74, 6) is 0.949. The van der Waals surface area contributed by atoms with Gasteiger partial charge in [-0.25, -0.2) is 0 Å². The molecule has 0 spiro atoms. The Kier molecular flexibility index (Phi) is 5.26. The van der Waals surface area contributed by atoms with Gasteiger partial charge in [0.05, 0.1) is 0 Å². The van der Waals surface area contributed by atoms with Crippen molar-refractivity contribution in [1.82, 2.24) is 4.31 Å². The summed E-state index contributed by atoms with van der Waals surface area (Å²) in [6.07, 6.45) is 1.11. The van der Waals surface area contributed by atoms with Gasteiger partial charge in [0.15, 0.2) is 0 Å². The van der Waals surface area contributed by atoms with Crippen molar-refractivity contribution < 1.29 is 0 Å². The first-order valence-electron chi connectivity index (χ1n) is 2.28. The van der Waals surface area contributed by atoms with E-state index in [9.17, 15) is 0 Å². The summed E-state index contributed by atoms with van der Waals surface area (Å²) in [4.78, 5) is 0.